The normalized spacial score (nSPS) is 20.3. The van der Waals surface area contributed by atoms with Gasteiger partial charge in [0.05, 0.1) is 18.1 Å². The van der Waals surface area contributed by atoms with Crippen molar-refractivity contribution >= 4 is 15.6 Å². The summed E-state index contributed by atoms with van der Waals surface area (Å²) in [6, 6.07) is 7.48. The number of hydrogen-bond donors (Lipinski definition) is 1. The van der Waals surface area contributed by atoms with E-state index in [4.69, 9.17) is 10.5 Å². The van der Waals surface area contributed by atoms with Crippen molar-refractivity contribution in [2.24, 2.45) is 5.73 Å². The van der Waals surface area contributed by atoms with Crippen molar-refractivity contribution in [1.29, 1.82) is 0 Å². The molecule has 32 heavy (non-hydrogen) atoms. The van der Waals surface area contributed by atoms with Gasteiger partial charge in [-0.3, -0.25) is 9.80 Å². The van der Waals surface area contributed by atoms with Gasteiger partial charge in [-0.25, -0.2) is 8.42 Å². The molecule has 0 atom stereocenters. The molecule has 0 aromatic heterocycles. The van der Waals surface area contributed by atoms with Crippen molar-refractivity contribution in [3.05, 3.63) is 60.3 Å². The summed E-state index contributed by atoms with van der Waals surface area (Å²) in [6.07, 6.45) is 5.58. The average molecular weight is 461 g/mol. The molecule has 2 fully saturated rings. The van der Waals surface area contributed by atoms with Gasteiger partial charge in [0.1, 0.15) is 0 Å². The lowest BCUT2D eigenvalue weighted by atomic mass is 10.1. The van der Waals surface area contributed by atoms with Gasteiger partial charge in [-0.15, -0.1) is 0 Å². The molecule has 2 aliphatic heterocycles. The highest BCUT2D eigenvalue weighted by molar-refractivity contribution is 7.89. The van der Waals surface area contributed by atoms with E-state index >= 15 is 0 Å². The van der Waals surface area contributed by atoms with Crippen molar-refractivity contribution < 1.29 is 13.2 Å². The van der Waals surface area contributed by atoms with E-state index in [9.17, 15) is 8.42 Å². The first kappa shape index (κ1) is 24.7. The monoisotopic (exact) mass is 460 g/mol. The molecule has 176 valence electrons. The summed E-state index contributed by atoms with van der Waals surface area (Å²) >= 11 is 0. The summed E-state index contributed by atoms with van der Waals surface area (Å²) in [5, 5.41) is 0. The molecule has 2 heterocycles. The number of nitrogens with zero attached hydrogens (tertiary/aromatic N) is 3. The summed E-state index contributed by atoms with van der Waals surface area (Å²) in [7, 11) is -3.49. The second kappa shape index (κ2) is 11.2. The summed E-state index contributed by atoms with van der Waals surface area (Å²) < 4.78 is 32.3. The van der Waals surface area contributed by atoms with E-state index in [1.807, 2.05) is 12.2 Å². The lowest BCUT2D eigenvalue weighted by molar-refractivity contribution is 0.0730. The number of ether oxygens (including phenoxy) is 1. The number of benzene rings is 1. The molecule has 0 saturated carbocycles. The second-order valence-corrected chi connectivity index (χ2v) is 10.5. The van der Waals surface area contributed by atoms with Gasteiger partial charge in [0.25, 0.3) is 0 Å². The highest BCUT2D eigenvalue weighted by Crippen LogP contribution is 2.21. The largest absolute Gasteiger partial charge is 0.404 e. The predicted octanol–water partition coefficient (Wildman–Crippen LogP) is 2.15. The first-order chi connectivity index (χ1) is 15.3. The molecular formula is C24H36N4O3S. The maximum absolute atomic E-state index is 12.8. The van der Waals surface area contributed by atoms with Crippen molar-refractivity contribution in [3.8, 4) is 0 Å². The van der Waals surface area contributed by atoms with Crippen LogP contribution in [-0.2, 0) is 14.8 Å². The molecule has 1 aromatic carbocycles. The number of sulfonamides is 1. The van der Waals surface area contributed by atoms with Crippen LogP contribution in [0.4, 0.5) is 0 Å². The molecule has 2 N–H and O–H groups in total. The Morgan fingerprint density at radius 2 is 1.69 bits per heavy atom. The molecule has 2 saturated heterocycles. The standard InChI is InChI=1S/C24H36N4O3S/c1-20(2)27-12-10-26(11-13-27)19-22(18-25)5-4-21(3)23-6-8-24(9-7-23)32(29,30)28-14-16-31-17-15-28/h4-9,18,20H,3,10-17,19,25H2,1-2H3/b5-4-,22-18+. The fourth-order valence-electron chi connectivity index (χ4n) is 3.94. The lowest BCUT2D eigenvalue weighted by Crippen LogP contribution is -2.49. The van der Waals surface area contributed by atoms with E-state index in [1.54, 1.807) is 30.5 Å². The third-order valence-electron chi connectivity index (χ3n) is 6.09. The zero-order chi connectivity index (χ0) is 23.1. The molecule has 8 heteroatoms. The van der Waals surface area contributed by atoms with Crippen LogP contribution in [0, 0.1) is 0 Å². The Labute approximate surface area is 192 Å². The van der Waals surface area contributed by atoms with Gasteiger partial charge in [0, 0.05) is 51.9 Å². The minimum atomic E-state index is -3.49. The van der Waals surface area contributed by atoms with Gasteiger partial charge in [-0.1, -0.05) is 30.9 Å². The van der Waals surface area contributed by atoms with Gasteiger partial charge in [0.15, 0.2) is 0 Å². The van der Waals surface area contributed by atoms with Gasteiger partial charge in [-0.05, 0) is 48.9 Å². The summed E-state index contributed by atoms with van der Waals surface area (Å²) in [5.41, 5.74) is 8.59. The molecule has 0 bridgehead atoms. The van der Waals surface area contributed by atoms with E-state index in [1.165, 1.54) is 4.31 Å². The average Bonchev–Trinajstić information content (AvgIpc) is 2.82. The third-order valence-corrected chi connectivity index (χ3v) is 8.00. The topological polar surface area (TPSA) is 79.1 Å². The first-order valence-corrected chi connectivity index (χ1v) is 12.7. The molecule has 3 rings (SSSR count). The Kier molecular flexibility index (Phi) is 8.67. The van der Waals surface area contributed by atoms with Crippen LogP contribution in [0.5, 0.6) is 0 Å². The number of nitrogens with two attached hydrogens (primary N) is 1. The summed E-state index contributed by atoms with van der Waals surface area (Å²) in [5.74, 6) is 0. The van der Waals surface area contributed by atoms with Crippen LogP contribution >= 0.6 is 0 Å². The van der Waals surface area contributed by atoms with E-state index < -0.39 is 10.0 Å². The molecule has 1 aromatic rings. The highest BCUT2D eigenvalue weighted by atomic mass is 32.2. The summed E-state index contributed by atoms with van der Waals surface area (Å²) in [6.45, 7) is 15.3. The first-order valence-electron chi connectivity index (χ1n) is 11.2. The van der Waals surface area contributed by atoms with Gasteiger partial charge >= 0.3 is 0 Å². The summed E-state index contributed by atoms with van der Waals surface area (Å²) in [4.78, 5) is 5.20. The number of rotatable bonds is 8. The number of allylic oxidation sites excluding steroid dienone is 2. The van der Waals surface area contributed by atoms with Crippen LogP contribution in [0.1, 0.15) is 19.4 Å². The molecule has 0 spiro atoms. The van der Waals surface area contributed by atoms with Crippen molar-refractivity contribution in [1.82, 2.24) is 14.1 Å². The van der Waals surface area contributed by atoms with E-state index in [-0.39, 0.29) is 0 Å². The molecular weight excluding hydrogens is 424 g/mol. The highest BCUT2D eigenvalue weighted by Gasteiger charge is 2.26. The third kappa shape index (κ3) is 6.30. The van der Waals surface area contributed by atoms with Crippen LogP contribution < -0.4 is 5.73 Å². The Morgan fingerprint density at radius 1 is 1.06 bits per heavy atom. The van der Waals surface area contributed by atoms with E-state index in [2.05, 4.69) is 30.2 Å². The maximum atomic E-state index is 12.8. The van der Waals surface area contributed by atoms with Crippen molar-refractivity contribution in [2.45, 2.75) is 24.8 Å². The fraction of sp³-hybridized carbons (Fsp3) is 0.500. The SMILES string of the molecule is C=C(/C=C\C(=C/N)CN1CCN(C(C)C)CC1)c1ccc(S(=O)(=O)N2CCOCC2)cc1. The Morgan fingerprint density at radius 3 is 2.25 bits per heavy atom. The zero-order valence-corrected chi connectivity index (χ0v) is 20.1. The number of piperazine rings is 1. The maximum Gasteiger partial charge on any atom is 0.243 e. The quantitative estimate of drug-likeness (QED) is 0.599. The van der Waals surface area contributed by atoms with Crippen LogP contribution in [-0.4, -0.2) is 87.6 Å². The Hall–Kier alpha value is -1.97. The Balaban J connectivity index is 1.57. The number of hydrogen-bond acceptors (Lipinski definition) is 6. The molecule has 0 radical (unpaired) electrons. The van der Waals surface area contributed by atoms with Crippen molar-refractivity contribution in [2.75, 3.05) is 59.0 Å². The van der Waals surface area contributed by atoms with Crippen molar-refractivity contribution in [3.63, 3.8) is 0 Å². The van der Waals surface area contributed by atoms with E-state index in [0.717, 1.165) is 49.4 Å². The molecule has 2 aliphatic rings. The van der Waals surface area contributed by atoms with Crippen LogP contribution in [0.25, 0.3) is 5.57 Å². The molecule has 7 nitrogen and oxygen atoms in total. The fourth-order valence-corrected chi connectivity index (χ4v) is 5.35. The number of morpholine rings is 1. The van der Waals surface area contributed by atoms with Gasteiger partial charge in [-0.2, -0.15) is 4.31 Å². The zero-order valence-electron chi connectivity index (χ0n) is 19.2. The van der Waals surface area contributed by atoms with Crippen LogP contribution in [0.15, 0.2) is 59.7 Å². The second-order valence-electron chi connectivity index (χ2n) is 8.55. The molecule has 0 unspecified atom stereocenters. The minimum Gasteiger partial charge on any atom is -0.404 e. The molecule has 0 aliphatic carbocycles. The minimum absolute atomic E-state index is 0.294. The van der Waals surface area contributed by atoms with Crippen LogP contribution in [0.2, 0.25) is 0 Å². The smallest absolute Gasteiger partial charge is 0.243 e. The van der Waals surface area contributed by atoms with E-state index in [0.29, 0.717) is 37.2 Å². The predicted molar refractivity (Wildman–Crippen MR) is 130 cm³/mol. The van der Waals surface area contributed by atoms with Gasteiger partial charge in [0.2, 0.25) is 10.0 Å². The lowest BCUT2D eigenvalue weighted by Gasteiger charge is -2.37. The molecule has 0 amide bonds. The Bertz CT molecular complexity index is 924. The van der Waals surface area contributed by atoms with Gasteiger partial charge < -0.3 is 10.5 Å². The van der Waals surface area contributed by atoms with Crippen LogP contribution in [0.3, 0.4) is 0 Å².